The normalized spacial score (nSPS) is 13.8. The average Bonchev–Trinajstić information content (AvgIpc) is 2.79. The first kappa shape index (κ1) is 22.2. The molecule has 3 aromatic rings. The van der Waals surface area contributed by atoms with E-state index in [1.54, 1.807) is 30.2 Å². The van der Waals surface area contributed by atoms with Gasteiger partial charge in [0.15, 0.2) is 0 Å². The molecular weight excluding hydrogens is 449 g/mol. The van der Waals surface area contributed by atoms with E-state index in [0.29, 0.717) is 53.6 Å². The maximum Gasteiger partial charge on any atom is 0.255 e. The van der Waals surface area contributed by atoms with Crippen molar-refractivity contribution in [1.82, 2.24) is 14.9 Å². The van der Waals surface area contributed by atoms with Crippen LogP contribution < -0.4 is 15.0 Å². The number of hydrogen-bond acceptors (Lipinski definition) is 6. The van der Waals surface area contributed by atoms with Crippen LogP contribution in [-0.2, 0) is 0 Å². The van der Waals surface area contributed by atoms with Crippen molar-refractivity contribution in [3.63, 3.8) is 0 Å². The van der Waals surface area contributed by atoms with Crippen LogP contribution in [0.2, 0.25) is 10.0 Å². The van der Waals surface area contributed by atoms with Gasteiger partial charge in [-0.1, -0.05) is 23.2 Å². The first-order chi connectivity index (χ1) is 15.4. The topological polar surface area (TPSA) is 70.6 Å². The number of nitrogens with one attached hydrogen (secondary N) is 1. The summed E-state index contributed by atoms with van der Waals surface area (Å²) in [6.45, 7) is 4.30. The van der Waals surface area contributed by atoms with Gasteiger partial charge in [-0.2, -0.15) is 4.98 Å². The number of aryl methyl sites for hydroxylation is 1. The molecule has 1 aliphatic heterocycles. The molecule has 0 saturated carbocycles. The molecule has 0 bridgehead atoms. The fourth-order valence-corrected chi connectivity index (χ4v) is 4.01. The summed E-state index contributed by atoms with van der Waals surface area (Å²) >= 11 is 12.2. The Morgan fingerprint density at radius 2 is 1.72 bits per heavy atom. The minimum absolute atomic E-state index is 0.0988. The van der Waals surface area contributed by atoms with Crippen LogP contribution in [0.4, 0.5) is 17.5 Å². The maximum atomic E-state index is 12.9. The second kappa shape index (κ2) is 9.63. The quantitative estimate of drug-likeness (QED) is 0.575. The number of carbonyl (C=O) groups is 1. The van der Waals surface area contributed by atoms with E-state index in [4.69, 9.17) is 27.9 Å². The van der Waals surface area contributed by atoms with Crippen LogP contribution in [0.15, 0.2) is 48.5 Å². The van der Waals surface area contributed by atoms with Crippen molar-refractivity contribution in [1.29, 1.82) is 0 Å². The summed E-state index contributed by atoms with van der Waals surface area (Å²) in [5.41, 5.74) is 2.23. The van der Waals surface area contributed by atoms with Crippen molar-refractivity contribution < 1.29 is 9.53 Å². The lowest BCUT2D eigenvalue weighted by molar-refractivity contribution is 0.0746. The van der Waals surface area contributed by atoms with Crippen LogP contribution in [0.3, 0.4) is 0 Å². The number of nitrogens with zero attached hydrogens (tertiary/aromatic N) is 4. The molecule has 7 nitrogen and oxygen atoms in total. The second-order valence-electron chi connectivity index (χ2n) is 7.45. The lowest BCUT2D eigenvalue weighted by atomic mass is 10.2. The molecule has 1 saturated heterocycles. The third kappa shape index (κ3) is 5.06. The first-order valence-electron chi connectivity index (χ1n) is 10.2. The summed E-state index contributed by atoms with van der Waals surface area (Å²) in [5, 5.41) is 4.18. The van der Waals surface area contributed by atoms with E-state index in [-0.39, 0.29) is 5.91 Å². The zero-order valence-corrected chi connectivity index (χ0v) is 19.3. The van der Waals surface area contributed by atoms with E-state index in [2.05, 4.69) is 20.2 Å². The van der Waals surface area contributed by atoms with Gasteiger partial charge in [-0.15, -0.1) is 0 Å². The Hall–Kier alpha value is -3.03. The van der Waals surface area contributed by atoms with Crippen molar-refractivity contribution >= 4 is 46.6 Å². The van der Waals surface area contributed by atoms with E-state index in [1.807, 2.05) is 37.3 Å². The Morgan fingerprint density at radius 1 is 1.00 bits per heavy atom. The highest BCUT2D eigenvalue weighted by Gasteiger charge is 2.25. The monoisotopic (exact) mass is 471 g/mol. The van der Waals surface area contributed by atoms with Gasteiger partial charge in [0.1, 0.15) is 11.6 Å². The third-order valence-electron chi connectivity index (χ3n) is 5.22. The predicted molar refractivity (Wildman–Crippen MR) is 128 cm³/mol. The van der Waals surface area contributed by atoms with Gasteiger partial charge in [0, 0.05) is 48.6 Å². The van der Waals surface area contributed by atoms with Gasteiger partial charge in [0.05, 0.1) is 17.7 Å². The Morgan fingerprint density at radius 3 is 2.38 bits per heavy atom. The maximum absolute atomic E-state index is 12.9. The fourth-order valence-electron chi connectivity index (χ4n) is 3.52. The number of hydrogen-bond donors (Lipinski definition) is 1. The van der Waals surface area contributed by atoms with Crippen LogP contribution in [0.1, 0.15) is 16.1 Å². The highest BCUT2D eigenvalue weighted by Crippen LogP contribution is 2.24. The van der Waals surface area contributed by atoms with Crippen molar-refractivity contribution in [2.45, 2.75) is 6.92 Å². The molecule has 0 radical (unpaired) electrons. The van der Waals surface area contributed by atoms with Crippen LogP contribution in [0, 0.1) is 6.92 Å². The van der Waals surface area contributed by atoms with E-state index < -0.39 is 0 Å². The zero-order valence-electron chi connectivity index (χ0n) is 17.8. The molecule has 2 aromatic carbocycles. The van der Waals surface area contributed by atoms with Gasteiger partial charge in [0.25, 0.3) is 5.91 Å². The number of ether oxygens (including phenoxy) is 1. The largest absolute Gasteiger partial charge is 0.497 e. The molecule has 0 aliphatic carbocycles. The Balaban J connectivity index is 1.43. The van der Waals surface area contributed by atoms with Gasteiger partial charge < -0.3 is 19.9 Å². The van der Waals surface area contributed by atoms with Crippen molar-refractivity contribution in [3.05, 3.63) is 69.8 Å². The van der Waals surface area contributed by atoms with E-state index in [0.717, 1.165) is 17.1 Å². The molecule has 0 spiro atoms. The third-order valence-corrected chi connectivity index (χ3v) is 5.76. The number of anilines is 3. The summed E-state index contributed by atoms with van der Waals surface area (Å²) in [6, 6.07) is 14.5. The van der Waals surface area contributed by atoms with Gasteiger partial charge >= 0.3 is 0 Å². The number of amides is 1. The number of halogens is 2. The Bertz CT molecular complexity index is 1120. The number of methoxy groups -OCH3 is 1. The number of piperazine rings is 1. The van der Waals surface area contributed by atoms with Gasteiger partial charge in [0.2, 0.25) is 5.95 Å². The molecule has 32 heavy (non-hydrogen) atoms. The smallest absolute Gasteiger partial charge is 0.255 e. The van der Waals surface area contributed by atoms with Crippen LogP contribution in [0.5, 0.6) is 5.75 Å². The Labute approximate surface area is 196 Å². The molecule has 4 rings (SSSR count). The molecule has 0 unspecified atom stereocenters. The summed E-state index contributed by atoms with van der Waals surface area (Å²) < 4.78 is 5.20. The zero-order chi connectivity index (χ0) is 22.7. The number of carbonyl (C=O) groups excluding carboxylic acids is 1. The first-order valence-corrected chi connectivity index (χ1v) is 10.9. The fraction of sp³-hybridized carbons (Fsp3) is 0.261. The van der Waals surface area contributed by atoms with Crippen LogP contribution in [-0.4, -0.2) is 54.1 Å². The molecule has 1 N–H and O–H groups in total. The highest BCUT2D eigenvalue weighted by atomic mass is 35.5. The lowest BCUT2D eigenvalue weighted by Crippen LogP contribution is -2.49. The second-order valence-corrected chi connectivity index (χ2v) is 8.30. The van der Waals surface area contributed by atoms with Crippen LogP contribution >= 0.6 is 23.2 Å². The van der Waals surface area contributed by atoms with E-state index >= 15 is 0 Å². The molecule has 0 atom stereocenters. The lowest BCUT2D eigenvalue weighted by Gasteiger charge is -2.35. The molecule has 166 valence electrons. The summed E-state index contributed by atoms with van der Waals surface area (Å²) in [5.74, 6) is 2.04. The van der Waals surface area contributed by atoms with Gasteiger partial charge in [-0.25, -0.2) is 4.98 Å². The highest BCUT2D eigenvalue weighted by molar-refractivity contribution is 6.36. The summed E-state index contributed by atoms with van der Waals surface area (Å²) in [4.78, 5) is 26.0. The molecule has 1 fully saturated rings. The minimum atomic E-state index is -0.0988. The number of aromatic nitrogens is 2. The average molecular weight is 472 g/mol. The van der Waals surface area contributed by atoms with Gasteiger partial charge in [-0.05, 0) is 49.4 Å². The van der Waals surface area contributed by atoms with Crippen molar-refractivity contribution in [2.75, 3.05) is 43.5 Å². The molecule has 1 aromatic heterocycles. The number of rotatable bonds is 5. The van der Waals surface area contributed by atoms with Gasteiger partial charge in [-0.3, -0.25) is 4.79 Å². The van der Waals surface area contributed by atoms with Crippen molar-refractivity contribution in [2.24, 2.45) is 0 Å². The molecular formula is C23H23Cl2N5O2. The summed E-state index contributed by atoms with van der Waals surface area (Å²) in [6.07, 6.45) is 0. The number of benzene rings is 2. The SMILES string of the molecule is COc1ccc(Nc2cc(C)nc(N3CCN(C(=O)c4ccc(Cl)cc4Cl)CC3)n2)cc1. The van der Waals surface area contributed by atoms with E-state index in [9.17, 15) is 4.79 Å². The summed E-state index contributed by atoms with van der Waals surface area (Å²) in [7, 11) is 1.64. The molecule has 9 heteroatoms. The minimum Gasteiger partial charge on any atom is -0.497 e. The standard InChI is InChI=1S/C23H23Cl2N5O2/c1-15-13-21(27-17-4-6-18(32-2)7-5-17)28-23(26-15)30-11-9-29(10-12-30)22(31)19-8-3-16(24)14-20(19)25/h3-8,13-14H,9-12H2,1-2H3,(H,26,27,28). The Kier molecular flexibility index (Phi) is 6.67. The predicted octanol–water partition coefficient (Wildman–Crippen LogP) is 4.81. The van der Waals surface area contributed by atoms with E-state index in [1.165, 1.54) is 0 Å². The van der Waals surface area contributed by atoms with Crippen LogP contribution in [0.25, 0.3) is 0 Å². The molecule has 1 aliphatic rings. The molecule has 2 heterocycles. The van der Waals surface area contributed by atoms with Crippen molar-refractivity contribution in [3.8, 4) is 5.75 Å². The molecule has 1 amide bonds.